The van der Waals surface area contributed by atoms with Gasteiger partial charge < -0.3 is 0 Å². The number of hydrogen-bond acceptors (Lipinski definition) is 2. The molecule has 1 nitrogen and oxygen atoms in total. The molecule has 0 amide bonds. The Morgan fingerprint density at radius 2 is 1.93 bits per heavy atom. The lowest BCUT2D eigenvalue weighted by atomic mass is 10.1. The van der Waals surface area contributed by atoms with E-state index in [1.807, 2.05) is 14.0 Å². The van der Waals surface area contributed by atoms with Gasteiger partial charge in [-0.15, -0.1) is 0 Å². The maximum atomic E-state index is 3.92. The Morgan fingerprint density at radius 1 is 1.36 bits per heavy atom. The van der Waals surface area contributed by atoms with Crippen LogP contribution in [0.15, 0.2) is 30.8 Å². The summed E-state index contributed by atoms with van der Waals surface area (Å²) in [7, 11) is 1.95. The fourth-order valence-electron chi connectivity index (χ4n) is 1.28. The van der Waals surface area contributed by atoms with Crippen LogP contribution in [0.1, 0.15) is 30.2 Å². The number of nitrogens with one attached hydrogen (secondary N) is 1. The van der Waals surface area contributed by atoms with Crippen molar-refractivity contribution in [2.45, 2.75) is 19.1 Å². The smallest absolute Gasteiger partial charge is 0.0414 e. The minimum atomic E-state index is 0.485. The molecular weight excluding hydrogens is 190 g/mol. The number of allylic oxidation sites excluding steroid dienone is 1. The minimum absolute atomic E-state index is 0.485. The second-order valence-electron chi connectivity index (χ2n) is 3.37. The van der Waals surface area contributed by atoms with E-state index in [2.05, 4.69) is 42.5 Å². The molecule has 0 aromatic heterocycles. The maximum Gasteiger partial charge on any atom is 0.0414 e. The molecule has 1 rings (SSSR count). The van der Waals surface area contributed by atoms with Gasteiger partial charge in [0, 0.05) is 5.25 Å². The standard InChI is InChI=1S/C12H17NS/c1-9(2)11-5-7-12(8-6-11)10(3)14-13-4/h5-8,10,13H,1H2,2-4H3. The van der Waals surface area contributed by atoms with Crippen LogP contribution in [0.5, 0.6) is 0 Å². The van der Waals surface area contributed by atoms with Crippen molar-refractivity contribution in [3.63, 3.8) is 0 Å². The normalized spacial score (nSPS) is 12.5. The summed E-state index contributed by atoms with van der Waals surface area (Å²) in [6.07, 6.45) is 0. The monoisotopic (exact) mass is 207 g/mol. The van der Waals surface area contributed by atoms with Crippen molar-refractivity contribution in [1.29, 1.82) is 0 Å². The molecule has 0 saturated heterocycles. The van der Waals surface area contributed by atoms with E-state index in [0.717, 1.165) is 5.57 Å². The number of rotatable bonds is 4. The van der Waals surface area contributed by atoms with Gasteiger partial charge in [0.1, 0.15) is 0 Å². The molecule has 14 heavy (non-hydrogen) atoms. The molecule has 76 valence electrons. The van der Waals surface area contributed by atoms with Crippen molar-refractivity contribution in [3.8, 4) is 0 Å². The van der Waals surface area contributed by atoms with Crippen LogP contribution < -0.4 is 4.72 Å². The lowest BCUT2D eigenvalue weighted by molar-refractivity contribution is 1.08. The van der Waals surface area contributed by atoms with Crippen LogP contribution in [-0.4, -0.2) is 7.05 Å². The van der Waals surface area contributed by atoms with Crippen molar-refractivity contribution < 1.29 is 0 Å². The van der Waals surface area contributed by atoms with Crippen LogP contribution in [0, 0.1) is 0 Å². The van der Waals surface area contributed by atoms with Crippen LogP contribution >= 0.6 is 11.9 Å². The van der Waals surface area contributed by atoms with Crippen molar-refractivity contribution >= 4 is 17.5 Å². The second-order valence-corrected chi connectivity index (χ2v) is 4.72. The number of benzene rings is 1. The Kier molecular flexibility index (Phi) is 4.23. The molecule has 0 aliphatic heterocycles. The predicted molar refractivity (Wildman–Crippen MR) is 66.2 cm³/mol. The van der Waals surface area contributed by atoms with E-state index in [1.54, 1.807) is 11.9 Å². The van der Waals surface area contributed by atoms with Gasteiger partial charge in [0.2, 0.25) is 0 Å². The Bertz CT molecular complexity index is 303. The fourth-order valence-corrected chi connectivity index (χ4v) is 1.93. The topological polar surface area (TPSA) is 12.0 Å². The Morgan fingerprint density at radius 3 is 2.36 bits per heavy atom. The van der Waals surface area contributed by atoms with E-state index in [-0.39, 0.29) is 0 Å². The second kappa shape index (κ2) is 5.23. The predicted octanol–water partition coefficient (Wildman–Crippen LogP) is 3.65. The molecule has 0 aliphatic rings. The minimum Gasteiger partial charge on any atom is -0.267 e. The lowest BCUT2D eigenvalue weighted by Gasteiger charge is -2.10. The van der Waals surface area contributed by atoms with Gasteiger partial charge in [0.25, 0.3) is 0 Å². The lowest BCUT2D eigenvalue weighted by Crippen LogP contribution is -1.97. The zero-order chi connectivity index (χ0) is 10.6. The van der Waals surface area contributed by atoms with Crippen molar-refractivity contribution in [3.05, 3.63) is 42.0 Å². The quantitative estimate of drug-likeness (QED) is 0.756. The summed E-state index contributed by atoms with van der Waals surface area (Å²) in [5, 5.41) is 0.485. The van der Waals surface area contributed by atoms with Crippen LogP contribution in [0.3, 0.4) is 0 Å². The molecule has 0 saturated carbocycles. The average molecular weight is 207 g/mol. The first-order valence-corrected chi connectivity index (χ1v) is 5.61. The first kappa shape index (κ1) is 11.3. The highest BCUT2D eigenvalue weighted by Crippen LogP contribution is 2.26. The van der Waals surface area contributed by atoms with E-state index in [9.17, 15) is 0 Å². The average Bonchev–Trinajstić information content (AvgIpc) is 2.18. The van der Waals surface area contributed by atoms with E-state index in [0.29, 0.717) is 5.25 Å². The molecule has 0 heterocycles. The summed E-state index contributed by atoms with van der Waals surface area (Å²) in [6.45, 7) is 8.14. The summed E-state index contributed by atoms with van der Waals surface area (Å²) in [5.74, 6) is 0. The van der Waals surface area contributed by atoms with Crippen molar-refractivity contribution in [1.82, 2.24) is 4.72 Å². The molecule has 0 aliphatic carbocycles. The number of hydrogen-bond donors (Lipinski definition) is 1. The third-order valence-electron chi connectivity index (χ3n) is 2.17. The van der Waals surface area contributed by atoms with Gasteiger partial charge in [-0.1, -0.05) is 48.4 Å². The highest BCUT2D eigenvalue weighted by molar-refractivity contribution is 7.97. The van der Waals surface area contributed by atoms with Gasteiger partial charge >= 0.3 is 0 Å². The molecule has 0 bridgehead atoms. The van der Waals surface area contributed by atoms with Crippen LogP contribution in [-0.2, 0) is 0 Å². The van der Waals surface area contributed by atoms with Gasteiger partial charge in [0.05, 0.1) is 0 Å². The highest BCUT2D eigenvalue weighted by Gasteiger charge is 2.04. The van der Waals surface area contributed by atoms with Crippen LogP contribution in [0.25, 0.3) is 5.57 Å². The molecule has 1 N–H and O–H groups in total. The maximum absolute atomic E-state index is 3.92. The Labute approximate surface area is 90.7 Å². The van der Waals surface area contributed by atoms with Gasteiger partial charge in [0.15, 0.2) is 0 Å². The highest BCUT2D eigenvalue weighted by atomic mass is 32.2. The molecule has 0 spiro atoms. The van der Waals surface area contributed by atoms with Crippen LogP contribution in [0.2, 0.25) is 0 Å². The zero-order valence-electron chi connectivity index (χ0n) is 9.00. The van der Waals surface area contributed by atoms with Gasteiger partial charge in [-0.05, 0) is 32.0 Å². The first-order chi connectivity index (χ1) is 6.65. The van der Waals surface area contributed by atoms with Gasteiger partial charge in [-0.2, -0.15) is 0 Å². The molecule has 0 fully saturated rings. The Hall–Kier alpha value is -0.730. The largest absolute Gasteiger partial charge is 0.267 e. The van der Waals surface area contributed by atoms with E-state index in [1.165, 1.54) is 11.1 Å². The SMILES string of the molecule is C=C(C)c1ccc(C(C)SNC)cc1. The van der Waals surface area contributed by atoms with E-state index < -0.39 is 0 Å². The first-order valence-electron chi connectivity index (χ1n) is 4.73. The molecule has 1 aromatic carbocycles. The zero-order valence-corrected chi connectivity index (χ0v) is 9.82. The van der Waals surface area contributed by atoms with Crippen molar-refractivity contribution in [2.75, 3.05) is 7.05 Å². The van der Waals surface area contributed by atoms with Gasteiger partial charge in [-0.3, -0.25) is 4.72 Å². The van der Waals surface area contributed by atoms with E-state index in [4.69, 9.17) is 0 Å². The van der Waals surface area contributed by atoms with E-state index >= 15 is 0 Å². The summed E-state index contributed by atoms with van der Waals surface area (Å²) in [5.41, 5.74) is 3.68. The van der Waals surface area contributed by atoms with Gasteiger partial charge in [-0.25, -0.2) is 0 Å². The summed E-state index contributed by atoms with van der Waals surface area (Å²) in [4.78, 5) is 0. The summed E-state index contributed by atoms with van der Waals surface area (Å²) >= 11 is 1.73. The third kappa shape index (κ3) is 2.89. The molecular formula is C12H17NS. The summed E-state index contributed by atoms with van der Waals surface area (Å²) in [6, 6.07) is 8.59. The molecule has 0 radical (unpaired) electrons. The van der Waals surface area contributed by atoms with Crippen molar-refractivity contribution in [2.24, 2.45) is 0 Å². The summed E-state index contributed by atoms with van der Waals surface area (Å²) < 4.78 is 3.10. The fraction of sp³-hybridized carbons (Fsp3) is 0.333. The Balaban J connectivity index is 2.77. The third-order valence-corrected chi connectivity index (χ3v) is 3.03. The molecule has 2 heteroatoms. The molecule has 1 unspecified atom stereocenters. The van der Waals surface area contributed by atoms with Crippen LogP contribution in [0.4, 0.5) is 0 Å². The molecule has 1 aromatic rings. The molecule has 1 atom stereocenters.